The minimum Gasteiger partial charge on any atom is -0.507 e. The molecule has 0 fully saturated rings. The third-order valence-corrected chi connectivity index (χ3v) is 2.87. The molecule has 4 heteroatoms. The highest BCUT2D eigenvalue weighted by Gasteiger charge is 2.15. The zero-order chi connectivity index (χ0) is 15.2. The Kier molecular flexibility index (Phi) is 4.61. The standard InChI is InChI=1S/C17H16O4/c1-3-6-12-9-10-15(16(11-12)20-2)21-17(19)13-7-4-5-8-14(13)18/h3-11,18H,1-2H3/b6-3+. The first-order chi connectivity index (χ1) is 10.2. The van der Waals surface area contributed by atoms with Gasteiger partial charge in [0.15, 0.2) is 11.5 Å². The fourth-order valence-corrected chi connectivity index (χ4v) is 1.87. The first kappa shape index (κ1) is 14.7. The summed E-state index contributed by atoms with van der Waals surface area (Å²) in [5.74, 6) is 0.00515. The van der Waals surface area contributed by atoms with E-state index in [1.54, 1.807) is 24.3 Å². The Morgan fingerprint density at radius 1 is 1.14 bits per heavy atom. The van der Waals surface area contributed by atoms with Crippen molar-refractivity contribution in [1.82, 2.24) is 0 Å². The number of rotatable bonds is 4. The molecular formula is C17H16O4. The number of carbonyl (C=O) groups is 1. The summed E-state index contributed by atoms with van der Waals surface area (Å²) in [6.07, 6.45) is 3.82. The van der Waals surface area contributed by atoms with E-state index in [0.29, 0.717) is 11.5 Å². The van der Waals surface area contributed by atoms with Gasteiger partial charge in [-0.3, -0.25) is 0 Å². The molecule has 0 aliphatic carbocycles. The van der Waals surface area contributed by atoms with Crippen LogP contribution in [0.25, 0.3) is 6.08 Å². The smallest absolute Gasteiger partial charge is 0.347 e. The number of allylic oxidation sites excluding steroid dienone is 1. The van der Waals surface area contributed by atoms with Crippen LogP contribution in [0.15, 0.2) is 48.5 Å². The highest BCUT2D eigenvalue weighted by atomic mass is 16.6. The average Bonchev–Trinajstić information content (AvgIpc) is 2.49. The zero-order valence-electron chi connectivity index (χ0n) is 11.9. The molecule has 0 bridgehead atoms. The second-order valence-electron chi connectivity index (χ2n) is 4.32. The van der Waals surface area contributed by atoms with E-state index in [4.69, 9.17) is 9.47 Å². The third-order valence-electron chi connectivity index (χ3n) is 2.87. The second kappa shape index (κ2) is 6.61. The van der Waals surface area contributed by atoms with Crippen LogP contribution in [0.2, 0.25) is 0 Å². The predicted octanol–water partition coefficient (Wildman–Crippen LogP) is 3.65. The molecule has 0 spiro atoms. The molecule has 0 unspecified atom stereocenters. The zero-order valence-corrected chi connectivity index (χ0v) is 11.9. The Bertz CT molecular complexity index is 674. The molecule has 0 aromatic heterocycles. The number of phenolic OH excluding ortho intramolecular Hbond substituents is 1. The Morgan fingerprint density at radius 2 is 1.90 bits per heavy atom. The molecule has 2 aromatic carbocycles. The summed E-state index contributed by atoms with van der Waals surface area (Å²) in [5, 5.41) is 9.66. The minimum atomic E-state index is -0.634. The van der Waals surface area contributed by atoms with Crippen molar-refractivity contribution in [3.05, 3.63) is 59.7 Å². The van der Waals surface area contributed by atoms with E-state index in [-0.39, 0.29) is 11.3 Å². The molecule has 0 atom stereocenters. The van der Waals surface area contributed by atoms with Crippen LogP contribution in [0.5, 0.6) is 17.2 Å². The molecule has 0 aliphatic heterocycles. The van der Waals surface area contributed by atoms with E-state index in [2.05, 4.69) is 0 Å². The summed E-state index contributed by atoms with van der Waals surface area (Å²) in [4.78, 5) is 12.1. The number of ether oxygens (including phenoxy) is 2. The van der Waals surface area contributed by atoms with Crippen molar-refractivity contribution in [3.63, 3.8) is 0 Å². The van der Waals surface area contributed by atoms with Gasteiger partial charge >= 0.3 is 5.97 Å². The van der Waals surface area contributed by atoms with Gasteiger partial charge in [-0.05, 0) is 36.8 Å². The number of phenols is 1. The monoisotopic (exact) mass is 284 g/mol. The number of hydrogen-bond donors (Lipinski definition) is 1. The van der Waals surface area contributed by atoms with E-state index >= 15 is 0 Å². The van der Waals surface area contributed by atoms with E-state index in [9.17, 15) is 9.90 Å². The Labute approximate surface area is 123 Å². The molecule has 0 saturated heterocycles. The molecular weight excluding hydrogens is 268 g/mol. The van der Waals surface area contributed by atoms with Gasteiger partial charge in [-0.2, -0.15) is 0 Å². The molecule has 0 amide bonds. The maximum absolute atomic E-state index is 12.1. The van der Waals surface area contributed by atoms with Gasteiger partial charge in [0.05, 0.1) is 7.11 Å². The SMILES string of the molecule is C/C=C/c1ccc(OC(=O)c2ccccc2O)c(OC)c1. The molecule has 0 radical (unpaired) electrons. The van der Waals surface area contributed by atoms with Gasteiger partial charge < -0.3 is 14.6 Å². The lowest BCUT2D eigenvalue weighted by molar-refractivity contribution is 0.0726. The van der Waals surface area contributed by atoms with Gasteiger partial charge in [0.2, 0.25) is 0 Å². The van der Waals surface area contributed by atoms with Crippen LogP contribution in [0.1, 0.15) is 22.8 Å². The van der Waals surface area contributed by atoms with Crippen LogP contribution < -0.4 is 9.47 Å². The first-order valence-electron chi connectivity index (χ1n) is 6.46. The molecule has 1 N–H and O–H groups in total. The van der Waals surface area contributed by atoms with Crippen molar-refractivity contribution in [1.29, 1.82) is 0 Å². The summed E-state index contributed by atoms with van der Waals surface area (Å²) >= 11 is 0. The maximum atomic E-state index is 12.1. The van der Waals surface area contributed by atoms with Crippen LogP contribution >= 0.6 is 0 Å². The Balaban J connectivity index is 2.27. The Hall–Kier alpha value is -2.75. The van der Waals surface area contributed by atoms with E-state index < -0.39 is 5.97 Å². The molecule has 108 valence electrons. The van der Waals surface area contributed by atoms with Crippen molar-refractivity contribution in [2.45, 2.75) is 6.92 Å². The molecule has 21 heavy (non-hydrogen) atoms. The van der Waals surface area contributed by atoms with Gasteiger partial charge in [0, 0.05) is 0 Å². The van der Waals surface area contributed by atoms with Crippen molar-refractivity contribution in [2.75, 3.05) is 7.11 Å². The molecule has 4 nitrogen and oxygen atoms in total. The first-order valence-corrected chi connectivity index (χ1v) is 6.46. The summed E-state index contributed by atoms with van der Waals surface area (Å²) < 4.78 is 10.5. The van der Waals surface area contributed by atoms with Crippen molar-refractivity contribution in [2.24, 2.45) is 0 Å². The van der Waals surface area contributed by atoms with E-state index in [1.807, 2.05) is 25.1 Å². The number of para-hydroxylation sites is 1. The largest absolute Gasteiger partial charge is 0.507 e. The Morgan fingerprint density at radius 3 is 2.57 bits per heavy atom. The fraction of sp³-hybridized carbons (Fsp3) is 0.118. The highest BCUT2D eigenvalue weighted by Crippen LogP contribution is 2.30. The molecule has 2 rings (SSSR count). The van der Waals surface area contributed by atoms with Crippen LogP contribution in [-0.2, 0) is 0 Å². The third kappa shape index (κ3) is 3.42. The van der Waals surface area contributed by atoms with Crippen LogP contribution in [0.4, 0.5) is 0 Å². The van der Waals surface area contributed by atoms with Crippen molar-refractivity contribution in [3.8, 4) is 17.2 Å². The number of carbonyl (C=O) groups excluding carboxylic acids is 1. The lowest BCUT2D eigenvalue weighted by Gasteiger charge is -2.10. The van der Waals surface area contributed by atoms with Gasteiger partial charge in [0.25, 0.3) is 0 Å². The van der Waals surface area contributed by atoms with Crippen LogP contribution in [-0.4, -0.2) is 18.2 Å². The normalized spacial score (nSPS) is 10.6. The number of aromatic hydroxyl groups is 1. The number of hydrogen-bond acceptors (Lipinski definition) is 4. The number of benzene rings is 2. The quantitative estimate of drug-likeness (QED) is 0.687. The van der Waals surface area contributed by atoms with Crippen LogP contribution in [0, 0.1) is 0 Å². The summed E-state index contributed by atoms with van der Waals surface area (Å²) in [6, 6.07) is 11.5. The molecule has 0 aliphatic rings. The van der Waals surface area contributed by atoms with Gasteiger partial charge in [-0.15, -0.1) is 0 Å². The van der Waals surface area contributed by atoms with Crippen molar-refractivity contribution >= 4 is 12.0 Å². The summed E-state index contributed by atoms with van der Waals surface area (Å²) in [6.45, 7) is 1.92. The predicted molar refractivity (Wildman–Crippen MR) is 80.8 cm³/mol. The lowest BCUT2D eigenvalue weighted by atomic mass is 10.2. The molecule has 0 saturated carbocycles. The van der Waals surface area contributed by atoms with E-state index in [1.165, 1.54) is 19.2 Å². The lowest BCUT2D eigenvalue weighted by Crippen LogP contribution is -2.09. The average molecular weight is 284 g/mol. The molecule has 2 aromatic rings. The number of methoxy groups -OCH3 is 1. The topological polar surface area (TPSA) is 55.8 Å². The van der Waals surface area contributed by atoms with Crippen LogP contribution in [0.3, 0.4) is 0 Å². The van der Waals surface area contributed by atoms with Gasteiger partial charge in [-0.1, -0.05) is 30.4 Å². The second-order valence-corrected chi connectivity index (χ2v) is 4.32. The van der Waals surface area contributed by atoms with Gasteiger partial charge in [-0.25, -0.2) is 4.79 Å². The fourth-order valence-electron chi connectivity index (χ4n) is 1.87. The summed E-state index contributed by atoms with van der Waals surface area (Å²) in [7, 11) is 1.51. The minimum absolute atomic E-state index is 0.108. The molecule has 0 heterocycles. The summed E-state index contributed by atoms with van der Waals surface area (Å²) in [5.41, 5.74) is 1.05. The number of esters is 1. The van der Waals surface area contributed by atoms with E-state index in [0.717, 1.165) is 5.56 Å². The van der Waals surface area contributed by atoms with Crippen molar-refractivity contribution < 1.29 is 19.4 Å². The van der Waals surface area contributed by atoms with Gasteiger partial charge in [0.1, 0.15) is 11.3 Å². The highest BCUT2D eigenvalue weighted by molar-refractivity contribution is 5.94. The maximum Gasteiger partial charge on any atom is 0.347 e.